The van der Waals surface area contributed by atoms with E-state index in [1.807, 2.05) is 6.26 Å². The zero-order valence-corrected chi connectivity index (χ0v) is 8.01. The minimum absolute atomic E-state index is 0.262. The first kappa shape index (κ1) is 9.12. The summed E-state index contributed by atoms with van der Waals surface area (Å²) in [6.07, 6.45) is 1.83. The van der Waals surface area contributed by atoms with Crippen molar-refractivity contribution in [1.82, 2.24) is 9.13 Å². The van der Waals surface area contributed by atoms with E-state index in [2.05, 4.69) is 0 Å². The maximum absolute atomic E-state index is 11.3. The molecule has 0 aliphatic heterocycles. The second-order valence-electron chi connectivity index (χ2n) is 2.43. The summed E-state index contributed by atoms with van der Waals surface area (Å²) in [4.78, 5) is 22.4. The van der Waals surface area contributed by atoms with Gasteiger partial charge in [-0.3, -0.25) is 13.9 Å². The molecule has 0 aliphatic carbocycles. The lowest BCUT2D eigenvalue weighted by atomic mass is 10.6. The van der Waals surface area contributed by atoms with Gasteiger partial charge in [0.15, 0.2) is 0 Å². The van der Waals surface area contributed by atoms with Crippen molar-refractivity contribution in [3.63, 3.8) is 0 Å². The van der Waals surface area contributed by atoms with E-state index in [-0.39, 0.29) is 11.2 Å². The fourth-order valence-corrected chi connectivity index (χ4v) is 1.48. The monoisotopic (exact) mass is 186 g/mol. The molecule has 0 amide bonds. The van der Waals surface area contributed by atoms with E-state index >= 15 is 0 Å². The molecule has 0 N–H and O–H groups in total. The Morgan fingerprint density at radius 1 is 1.25 bits per heavy atom. The van der Waals surface area contributed by atoms with Crippen LogP contribution in [0.1, 0.15) is 0 Å². The van der Waals surface area contributed by atoms with E-state index in [9.17, 15) is 9.59 Å². The highest BCUT2D eigenvalue weighted by Gasteiger charge is 2.03. The fourth-order valence-electron chi connectivity index (χ4n) is 0.909. The SMILES string of the molecule is CSc1cc(=O)n(C)c(=O)n1C. The van der Waals surface area contributed by atoms with E-state index in [0.717, 1.165) is 4.57 Å². The van der Waals surface area contributed by atoms with Crippen molar-refractivity contribution in [3.8, 4) is 0 Å². The molecule has 0 aromatic carbocycles. The van der Waals surface area contributed by atoms with E-state index in [1.54, 1.807) is 7.05 Å². The molecular formula is C7H10N2O2S. The molecule has 12 heavy (non-hydrogen) atoms. The van der Waals surface area contributed by atoms with Crippen LogP contribution in [0.4, 0.5) is 0 Å². The van der Waals surface area contributed by atoms with Gasteiger partial charge in [0.25, 0.3) is 5.56 Å². The number of hydrogen-bond donors (Lipinski definition) is 0. The van der Waals surface area contributed by atoms with Crippen molar-refractivity contribution in [2.75, 3.05) is 6.26 Å². The number of aromatic nitrogens is 2. The lowest BCUT2D eigenvalue weighted by molar-refractivity contribution is 0.636. The van der Waals surface area contributed by atoms with Gasteiger partial charge in [-0.1, -0.05) is 0 Å². The summed E-state index contributed by atoms with van der Waals surface area (Å²) in [7, 11) is 3.11. The van der Waals surface area contributed by atoms with Crippen molar-refractivity contribution in [2.24, 2.45) is 14.1 Å². The zero-order valence-electron chi connectivity index (χ0n) is 7.20. The van der Waals surface area contributed by atoms with E-state index in [0.29, 0.717) is 5.03 Å². The maximum atomic E-state index is 11.3. The summed E-state index contributed by atoms with van der Waals surface area (Å²) < 4.78 is 2.53. The Bertz CT molecular complexity index is 405. The van der Waals surface area contributed by atoms with Crippen LogP contribution in [0.25, 0.3) is 0 Å². The molecule has 1 aromatic heterocycles. The molecule has 1 rings (SSSR count). The van der Waals surface area contributed by atoms with Gasteiger partial charge < -0.3 is 0 Å². The van der Waals surface area contributed by atoms with Crippen LogP contribution in [0.3, 0.4) is 0 Å². The predicted molar refractivity (Wildman–Crippen MR) is 48.7 cm³/mol. The third-order valence-corrected chi connectivity index (χ3v) is 2.50. The minimum atomic E-state index is -0.285. The first-order valence-corrected chi connectivity index (χ1v) is 4.61. The molecule has 5 heteroatoms. The molecule has 0 atom stereocenters. The van der Waals surface area contributed by atoms with Crippen LogP contribution in [0.15, 0.2) is 20.7 Å². The largest absolute Gasteiger partial charge is 0.331 e. The Morgan fingerprint density at radius 2 is 1.83 bits per heavy atom. The molecule has 1 heterocycles. The van der Waals surface area contributed by atoms with Crippen molar-refractivity contribution in [1.29, 1.82) is 0 Å². The minimum Gasteiger partial charge on any atom is -0.291 e. The van der Waals surface area contributed by atoms with Crippen LogP contribution in [-0.4, -0.2) is 15.4 Å². The van der Waals surface area contributed by atoms with E-state index in [1.165, 1.54) is 29.4 Å². The number of hydrogen-bond acceptors (Lipinski definition) is 3. The smallest absolute Gasteiger partial charge is 0.291 e. The number of thioether (sulfide) groups is 1. The Hall–Kier alpha value is -0.970. The molecule has 0 aliphatic rings. The zero-order chi connectivity index (χ0) is 9.30. The van der Waals surface area contributed by atoms with E-state index in [4.69, 9.17) is 0 Å². The highest BCUT2D eigenvalue weighted by Crippen LogP contribution is 2.07. The summed E-state index contributed by atoms with van der Waals surface area (Å²) in [5.41, 5.74) is -0.547. The maximum Gasteiger partial charge on any atom is 0.331 e. The molecule has 0 radical (unpaired) electrons. The van der Waals surface area contributed by atoms with E-state index < -0.39 is 0 Å². The topological polar surface area (TPSA) is 44.0 Å². The number of rotatable bonds is 1. The first-order valence-electron chi connectivity index (χ1n) is 3.39. The van der Waals surface area contributed by atoms with Crippen LogP contribution >= 0.6 is 11.8 Å². The van der Waals surface area contributed by atoms with Gasteiger partial charge in [-0.05, 0) is 6.26 Å². The quantitative estimate of drug-likeness (QED) is 0.451. The molecule has 0 unspecified atom stereocenters. The average Bonchev–Trinajstić information content (AvgIpc) is 2.08. The molecular weight excluding hydrogens is 176 g/mol. The summed E-state index contributed by atoms with van der Waals surface area (Å²) in [5.74, 6) is 0. The Morgan fingerprint density at radius 3 is 2.33 bits per heavy atom. The van der Waals surface area contributed by atoms with Gasteiger partial charge in [0.1, 0.15) is 0 Å². The van der Waals surface area contributed by atoms with Gasteiger partial charge in [-0.2, -0.15) is 0 Å². The highest BCUT2D eigenvalue weighted by molar-refractivity contribution is 7.98. The van der Waals surface area contributed by atoms with Crippen LogP contribution in [0, 0.1) is 0 Å². The Labute approximate surface area is 73.8 Å². The third kappa shape index (κ3) is 1.32. The van der Waals surface area contributed by atoms with Crippen LogP contribution in [-0.2, 0) is 14.1 Å². The second kappa shape index (κ2) is 3.18. The Balaban J connectivity index is 3.61. The van der Waals surface area contributed by atoms with Crippen LogP contribution in [0.5, 0.6) is 0 Å². The van der Waals surface area contributed by atoms with Gasteiger partial charge in [0, 0.05) is 20.2 Å². The van der Waals surface area contributed by atoms with Gasteiger partial charge in [0.2, 0.25) is 0 Å². The van der Waals surface area contributed by atoms with Crippen molar-refractivity contribution in [3.05, 3.63) is 26.9 Å². The molecule has 0 spiro atoms. The molecule has 0 saturated carbocycles. The highest BCUT2D eigenvalue weighted by atomic mass is 32.2. The molecule has 66 valence electrons. The lowest BCUT2D eigenvalue weighted by Crippen LogP contribution is -2.36. The van der Waals surface area contributed by atoms with Crippen LogP contribution in [0.2, 0.25) is 0 Å². The standard InChI is InChI=1S/C7H10N2O2S/c1-8-5(10)4-6(12-3)9(2)7(8)11/h4H,1-3H3. The lowest BCUT2D eigenvalue weighted by Gasteiger charge is -2.05. The van der Waals surface area contributed by atoms with Gasteiger partial charge in [-0.25, -0.2) is 4.79 Å². The molecule has 0 fully saturated rings. The second-order valence-corrected chi connectivity index (χ2v) is 3.25. The van der Waals surface area contributed by atoms with Gasteiger partial charge in [0.05, 0.1) is 5.03 Å². The molecule has 0 saturated heterocycles. The van der Waals surface area contributed by atoms with Crippen molar-refractivity contribution >= 4 is 11.8 Å². The molecule has 0 bridgehead atoms. The van der Waals surface area contributed by atoms with Crippen molar-refractivity contribution in [2.45, 2.75) is 5.03 Å². The summed E-state index contributed by atoms with van der Waals surface area (Å²) in [6, 6.07) is 1.45. The molecule has 1 aromatic rings. The fraction of sp³-hybridized carbons (Fsp3) is 0.429. The van der Waals surface area contributed by atoms with Crippen LogP contribution < -0.4 is 11.2 Å². The summed E-state index contributed by atoms with van der Waals surface area (Å²) in [5, 5.41) is 0.683. The number of nitrogens with zero attached hydrogens (tertiary/aromatic N) is 2. The predicted octanol–water partition coefficient (Wildman–Crippen LogP) is -0.194. The summed E-state index contributed by atoms with van der Waals surface area (Å²) in [6.45, 7) is 0. The normalized spacial score (nSPS) is 10.2. The first-order chi connectivity index (χ1) is 5.57. The van der Waals surface area contributed by atoms with Crippen molar-refractivity contribution < 1.29 is 0 Å². The molecule has 4 nitrogen and oxygen atoms in total. The average molecular weight is 186 g/mol. The Kier molecular flexibility index (Phi) is 2.42. The van der Waals surface area contributed by atoms with Gasteiger partial charge in [-0.15, -0.1) is 11.8 Å². The van der Waals surface area contributed by atoms with Gasteiger partial charge >= 0.3 is 5.69 Å². The third-order valence-electron chi connectivity index (χ3n) is 1.69. The summed E-state index contributed by atoms with van der Waals surface area (Å²) >= 11 is 1.38.